The number of carbonyl (C=O) groups excluding carboxylic acids is 2. The van der Waals surface area contributed by atoms with Gasteiger partial charge in [0.1, 0.15) is 5.82 Å². The van der Waals surface area contributed by atoms with Crippen molar-refractivity contribution in [3.05, 3.63) is 48.2 Å². The average molecular weight is 328 g/mol. The molecule has 0 spiro atoms. The van der Waals surface area contributed by atoms with Crippen molar-refractivity contribution in [2.75, 3.05) is 5.32 Å². The lowest BCUT2D eigenvalue weighted by Crippen LogP contribution is -2.35. The summed E-state index contributed by atoms with van der Waals surface area (Å²) in [6.07, 6.45) is 2.79. The summed E-state index contributed by atoms with van der Waals surface area (Å²) in [7, 11) is 0. The zero-order valence-corrected chi connectivity index (χ0v) is 14.3. The Hall–Kier alpha value is -2.63. The van der Waals surface area contributed by atoms with E-state index in [-0.39, 0.29) is 30.3 Å². The van der Waals surface area contributed by atoms with Gasteiger partial charge in [0.25, 0.3) is 5.91 Å². The standard InChI is InChI=1S/C18H24N4O2/c1-4-14(3)22-16(10-11-19-22)21-17(23)12-13(2)20-18(24)15-8-6-5-7-9-15/h5-11,13-14H,4,12H2,1-3H3,(H,20,24)(H,21,23)/t13-,14-/m1/s1. The molecule has 0 saturated carbocycles. The first-order valence-corrected chi connectivity index (χ1v) is 8.20. The van der Waals surface area contributed by atoms with Crippen molar-refractivity contribution >= 4 is 17.6 Å². The van der Waals surface area contributed by atoms with Gasteiger partial charge in [-0.2, -0.15) is 5.10 Å². The van der Waals surface area contributed by atoms with Crippen LogP contribution in [0.15, 0.2) is 42.6 Å². The van der Waals surface area contributed by atoms with E-state index in [0.717, 1.165) is 6.42 Å². The van der Waals surface area contributed by atoms with E-state index in [1.807, 2.05) is 32.0 Å². The molecule has 0 radical (unpaired) electrons. The second kappa shape index (κ2) is 8.29. The maximum absolute atomic E-state index is 12.2. The quantitative estimate of drug-likeness (QED) is 0.820. The second-order valence-electron chi connectivity index (χ2n) is 5.91. The van der Waals surface area contributed by atoms with Crippen molar-refractivity contribution in [3.63, 3.8) is 0 Å². The van der Waals surface area contributed by atoms with Gasteiger partial charge < -0.3 is 10.6 Å². The van der Waals surface area contributed by atoms with Gasteiger partial charge in [-0.3, -0.25) is 9.59 Å². The number of anilines is 1. The van der Waals surface area contributed by atoms with Crippen LogP contribution in [0.1, 0.15) is 50.0 Å². The Morgan fingerprint density at radius 3 is 2.54 bits per heavy atom. The molecule has 1 aromatic carbocycles. The van der Waals surface area contributed by atoms with Crippen molar-refractivity contribution in [1.82, 2.24) is 15.1 Å². The molecule has 1 aromatic heterocycles. The number of rotatable bonds is 7. The van der Waals surface area contributed by atoms with Crippen LogP contribution in [0.25, 0.3) is 0 Å². The number of hydrogen-bond acceptors (Lipinski definition) is 3. The molecule has 0 bridgehead atoms. The highest BCUT2D eigenvalue weighted by Crippen LogP contribution is 2.16. The maximum atomic E-state index is 12.2. The van der Waals surface area contributed by atoms with E-state index in [1.165, 1.54) is 0 Å². The number of hydrogen-bond donors (Lipinski definition) is 2. The molecule has 2 amide bonds. The fourth-order valence-corrected chi connectivity index (χ4v) is 2.36. The SMILES string of the molecule is CC[C@@H](C)n1nccc1NC(=O)C[C@@H](C)NC(=O)c1ccccc1. The van der Waals surface area contributed by atoms with Crippen molar-refractivity contribution in [2.24, 2.45) is 0 Å². The summed E-state index contributed by atoms with van der Waals surface area (Å²) in [5, 5.41) is 9.93. The highest BCUT2D eigenvalue weighted by Gasteiger charge is 2.15. The second-order valence-corrected chi connectivity index (χ2v) is 5.91. The first-order chi connectivity index (χ1) is 11.5. The summed E-state index contributed by atoms with van der Waals surface area (Å²) in [5.41, 5.74) is 0.583. The topological polar surface area (TPSA) is 76.0 Å². The van der Waals surface area contributed by atoms with Gasteiger partial charge in [-0.15, -0.1) is 0 Å². The minimum atomic E-state index is -0.266. The van der Waals surface area contributed by atoms with Crippen molar-refractivity contribution in [3.8, 4) is 0 Å². The molecule has 0 aliphatic heterocycles. The monoisotopic (exact) mass is 328 g/mol. The summed E-state index contributed by atoms with van der Waals surface area (Å²) < 4.78 is 1.80. The van der Waals surface area contributed by atoms with E-state index in [9.17, 15) is 9.59 Å². The molecular formula is C18H24N4O2. The van der Waals surface area contributed by atoms with Crippen LogP contribution in [0.2, 0.25) is 0 Å². The van der Waals surface area contributed by atoms with E-state index < -0.39 is 0 Å². The number of benzene rings is 1. The van der Waals surface area contributed by atoms with E-state index in [0.29, 0.717) is 11.4 Å². The molecule has 6 nitrogen and oxygen atoms in total. The molecule has 0 aliphatic rings. The lowest BCUT2D eigenvalue weighted by Gasteiger charge is -2.16. The zero-order chi connectivity index (χ0) is 17.5. The van der Waals surface area contributed by atoms with E-state index in [1.54, 1.807) is 29.1 Å². The van der Waals surface area contributed by atoms with Gasteiger partial charge >= 0.3 is 0 Å². The largest absolute Gasteiger partial charge is 0.349 e. The Bertz CT molecular complexity index is 681. The van der Waals surface area contributed by atoms with Crippen LogP contribution in [0, 0.1) is 0 Å². The Morgan fingerprint density at radius 2 is 1.88 bits per heavy atom. The Morgan fingerprint density at radius 1 is 1.17 bits per heavy atom. The van der Waals surface area contributed by atoms with Crippen LogP contribution in [-0.4, -0.2) is 27.6 Å². The highest BCUT2D eigenvalue weighted by atomic mass is 16.2. The van der Waals surface area contributed by atoms with Gasteiger partial charge in [-0.05, 0) is 32.4 Å². The first-order valence-electron chi connectivity index (χ1n) is 8.20. The van der Waals surface area contributed by atoms with Crippen molar-refractivity contribution in [2.45, 2.75) is 45.7 Å². The molecule has 2 aromatic rings. The lowest BCUT2D eigenvalue weighted by atomic mass is 10.1. The minimum absolute atomic E-state index is 0.152. The number of aromatic nitrogens is 2. The third kappa shape index (κ3) is 4.68. The average Bonchev–Trinajstić information content (AvgIpc) is 3.02. The molecular weight excluding hydrogens is 304 g/mol. The fraction of sp³-hybridized carbons (Fsp3) is 0.389. The molecule has 0 aliphatic carbocycles. The normalized spacial score (nSPS) is 13.1. The summed E-state index contributed by atoms with van der Waals surface area (Å²) >= 11 is 0. The predicted molar refractivity (Wildman–Crippen MR) is 93.8 cm³/mol. The molecule has 1 heterocycles. The molecule has 24 heavy (non-hydrogen) atoms. The van der Waals surface area contributed by atoms with Gasteiger partial charge in [0, 0.05) is 24.1 Å². The summed E-state index contributed by atoms with van der Waals surface area (Å²) in [4.78, 5) is 24.3. The molecule has 2 rings (SSSR count). The van der Waals surface area contributed by atoms with Gasteiger partial charge in [0.2, 0.25) is 5.91 Å². The van der Waals surface area contributed by atoms with Gasteiger partial charge in [-0.25, -0.2) is 4.68 Å². The number of nitrogens with one attached hydrogen (secondary N) is 2. The number of carbonyl (C=O) groups is 2. The smallest absolute Gasteiger partial charge is 0.251 e. The molecule has 6 heteroatoms. The molecule has 0 unspecified atom stereocenters. The molecule has 0 saturated heterocycles. The Kier molecular flexibility index (Phi) is 6.12. The number of nitrogens with zero attached hydrogens (tertiary/aromatic N) is 2. The third-order valence-corrected chi connectivity index (χ3v) is 3.85. The van der Waals surface area contributed by atoms with Gasteiger partial charge in [0.05, 0.1) is 12.2 Å². The van der Waals surface area contributed by atoms with Gasteiger partial charge in [-0.1, -0.05) is 25.1 Å². The predicted octanol–water partition coefficient (Wildman–Crippen LogP) is 3.00. The summed E-state index contributed by atoms with van der Waals surface area (Å²) in [5.74, 6) is 0.345. The molecule has 2 N–H and O–H groups in total. The third-order valence-electron chi connectivity index (χ3n) is 3.85. The molecule has 0 fully saturated rings. The van der Waals surface area contributed by atoms with Crippen LogP contribution in [0.5, 0.6) is 0 Å². The minimum Gasteiger partial charge on any atom is -0.349 e. The lowest BCUT2D eigenvalue weighted by molar-refractivity contribution is -0.116. The van der Waals surface area contributed by atoms with Gasteiger partial charge in [0.15, 0.2) is 0 Å². The maximum Gasteiger partial charge on any atom is 0.251 e. The van der Waals surface area contributed by atoms with E-state index in [2.05, 4.69) is 22.7 Å². The van der Waals surface area contributed by atoms with Crippen LogP contribution in [0.3, 0.4) is 0 Å². The highest BCUT2D eigenvalue weighted by molar-refractivity contribution is 5.95. The van der Waals surface area contributed by atoms with Crippen LogP contribution in [0.4, 0.5) is 5.82 Å². The zero-order valence-electron chi connectivity index (χ0n) is 14.3. The summed E-state index contributed by atoms with van der Waals surface area (Å²) in [6, 6.07) is 10.7. The first kappa shape index (κ1) is 17.7. The summed E-state index contributed by atoms with van der Waals surface area (Å²) in [6.45, 7) is 5.93. The van der Waals surface area contributed by atoms with Crippen molar-refractivity contribution in [1.29, 1.82) is 0 Å². The van der Waals surface area contributed by atoms with Crippen LogP contribution < -0.4 is 10.6 Å². The van der Waals surface area contributed by atoms with Crippen LogP contribution in [-0.2, 0) is 4.79 Å². The Balaban J connectivity index is 1.88. The molecule has 2 atom stereocenters. The van der Waals surface area contributed by atoms with Crippen molar-refractivity contribution < 1.29 is 9.59 Å². The number of amides is 2. The fourth-order valence-electron chi connectivity index (χ4n) is 2.36. The van der Waals surface area contributed by atoms with E-state index >= 15 is 0 Å². The molecule has 128 valence electrons. The van der Waals surface area contributed by atoms with Crippen LogP contribution >= 0.6 is 0 Å². The van der Waals surface area contributed by atoms with E-state index in [4.69, 9.17) is 0 Å². The Labute approximate surface area is 142 Å².